The van der Waals surface area contributed by atoms with E-state index in [2.05, 4.69) is 11.1 Å². The summed E-state index contributed by atoms with van der Waals surface area (Å²) in [4.78, 5) is 19.6. The quantitative estimate of drug-likeness (QED) is 0.846. The molecule has 4 nitrogen and oxygen atoms in total. The molecule has 5 rings (SSSR count). The lowest BCUT2D eigenvalue weighted by atomic mass is 9.93. The lowest BCUT2D eigenvalue weighted by Crippen LogP contribution is -2.40. The second-order valence-electron chi connectivity index (χ2n) is 7.35. The van der Waals surface area contributed by atoms with Gasteiger partial charge in [0.2, 0.25) is 5.91 Å². The third-order valence-electron chi connectivity index (χ3n) is 5.94. The average molecular weight is 338 g/mol. The van der Waals surface area contributed by atoms with Crippen molar-refractivity contribution in [2.45, 2.75) is 36.9 Å². The summed E-state index contributed by atoms with van der Waals surface area (Å²) in [6.45, 7) is 1.78. The summed E-state index contributed by atoms with van der Waals surface area (Å²) in [5, 5.41) is 0. The van der Waals surface area contributed by atoms with Crippen molar-refractivity contribution in [3.8, 4) is 0 Å². The Kier molecular flexibility index (Phi) is 3.07. The summed E-state index contributed by atoms with van der Waals surface area (Å²) in [5.74, 6) is -0.118. The van der Waals surface area contributed by atoms with Crippen molar-refractivity contribution in [1.82, 2.24) is 9.88 Å². The minimum absolute atomic E-state index is 0.150. The van der Waals surface area contributed by atoms with E-state index in [0.29, 0.717) is 19.7 Å². The van der Waals surface area contributed by atoms with E-state index in [4.69, 9.17) is 4.74 Å². The number of benzene rings is 1. The van der Waals surface area contributed by atoms with E-state index in [0.717, 1.165) is 36.1 Å². The Bertz CT molecular complexity index is 847. The summed E-state index contributed by atoms with van der Waals surface area (Å²) in [5.41, 5.74) is 2.16. The predicted octanol–water partition coefficient (Wildman–Crippen LogP) is 2.91. The molecule has 0 bridgehead atoms. The molecule has 1 saturated carbocycles. The van der Waals surface area contributed by atoms with Crippen LogP contribution in [0.4, 0.5) is 4.39 Å². The minimum Gasteiger partial charge on any atom is -0.362 e. The highest BCUT2D eigenvalue weighted by Gasteiger charge is 2.56. The average Bonchev–Trinajstić information content (AvgIpc) is 3.22. The predicted molar refractivity (Wildman–Crippen MR) is 89.2 cm³/mol. The summed E-state index contributed by atoms with van der Waals surface area (Å²) < 4.78 is 19.3. The fraction of sp³-hybridized carbons (Fsp3) is 0.400. The van der Waals surface area contributed by atoms with Gasteiger partial charge in [-0.3, -0.25) is 9.78 Å². The number of halogens is 1. The highest BCUT2D eigenvalue weighted by molar-refractivity contribution is 5.91. The van der Waals surface area contributed by atoms with E-state index >= 15 is 0 Å². The van der Waals surface area contributed by atoms with Gasteiger partial charge < -0.3 is 9.64 Å². The van der Waals surface area contributed by atoms with Crippen LogP contribution in [0.15, 0.2) is 42.6 Å². The van der Waals surface area contributed by atoms with Gasteiger partial charge in [-0.2, -0.15) is 0 Å². The SMILES string of the molecule is O=C(N1CCC2(C1)OCc1ncccc12)C1(c2ccc(F)cc2)CC1. The van der Waals surface area contributed by atoms with Crippen molar-refractivity contribution in [1.29, 1.82) is 0 Å². The molecule has 3 aliphatic rings. The summed E-state index contributed by atoms with van der Waals surface area (Å²) in [6, 6.07) is 10.4. The number of ether oxygens (including phenoxy) is 1. The van der Waals surface area contributed by atoms with Crippen molar-refractivity contribution >= 4 is 5.91 Å². The van der Waals surface area contributed by atoms with Gasteiger partial charge >= 0.3 is 0 Å². The number of likely N-dealkylation sites (tertiary alicyclic amines) is 1. The maximum Gasteiger partial charge on any atom is 0.233 e. The number of amides is 1. The molecule has 1 unspecified atom stereocenters. The molecule has 1 atom stereocenters. The maximum absolute atomic E-state index is 13.2. The minimum atomic E-state index is -0.463. The number of fused-ring (bicyclic) bond motifs is 2. The first-order valence-corrected chi connectivity index (χ1v) is 8.77. The first-order valence-electron chi connectivity index (χ1n) is 8.77. The van der Waals surface area contributed by atoms with Crippen LogP contribution >= 0.6 is 0 Å². The second-order valence-corrected chi connectivity index (χ2v) is 7.35. The highest BCUT2D eigenvalue weighted by Crippen LogP contribution is 2.51. The van der Waals surface area contributed by atoms with Crippen molar-refractivity contribution in [2.75, 3.05) is 13.1 Å². The molecule has 3 heterocycles. The molecule has 1 spiro atoms. The monoisotopic (exact) mass is 338 g/mol. The van der Waals surface area contributed by atoms with Crippen LogP contribution in [0, 0.1) is 5.82 Å². The molecule has 25 heavy (non-hydrogen) atoms. The van der Waals surface area contributed by atoms with Gasteiger partial charge in [0.25, 0.3) is 0 Å². The number of hydrogen-bond donors (Lipinski definition) is 0. The van der Waals surface area contributed by atoms with Crippen molar-refractivity contribution < 1.29 is 13.9 Å². The number of carbonyl (C=O) groups excluding carboxylic acids is 1. The normalized spacial score (nSPS) is 26.0. The third-order valence-corrected chi connectivity index (χ3v) is 5.94. The summed E-state index contributed by atoms with van der Waals surface area (Å²) >= 11 is 0. The Balaban J connectivity index is 1.41. The van der Waals surface area contributed by atoms with Crippen molar-refractivity contribution in [2.24, 2.45) is 0 Å². The summed E-state index contributed by atoms with van der Waals surface area (Å²) in [6.07, 6.45) is 4.25. The van der Waals surface area contributed by atoms with Crippen LogP contribution in [0.2, 0.25) is 0 Å². The molecule has 1 aromatic heterocycles. The van der Waals surface area contributed by atoms with Gasteiger partial charge in [0.05, 0.1) is 24.3 Å². The highest BCUT2D eigenvalue weighted by atomic mass is 19.1. The molecule has 0 radical (unpaired) electrons. The fourth-order valence-corrected chi connectivity index (χ4v) is 4.37. The van der Waals surface area contributed by atoms with Crippen LogP contribution in [0.25, 0.3) is 0 Å². The summed E-state index contributed by atoms with van der Waals surface area (Å²) in [7, 11) is 0. The molecule has 2 aliphatic heterocycles. The van der Waals surface area contributed by atoms with E-state index < -0.39 is 11.0 Å². The van der Waals surface area contributed by atoms with Crippen molar-refractivity contribution in [3.63, 3.8) is 0 Å². The smallest absolute Gasteiger partial charge is 0.233 e. The molecule has 2 fully saturated rings. The van der Waals surface area contributed by atoms with Crippen LogP contribution in [0.3, 0.4) is 0 Å². The van der Waals surface area contributed by atoms with E-state index in [-0.39, 0.29) is 11.7 Å². The number of pyridine rings is 1. The zero-order chi connectivity index (χ0) is 17.1. The number of rotatable bonds is 2. The van der Waals surface area contributed by atoms with Crippen LogP contribution in [0.1, 0.15) is 36.1 Å². The van der Waals surface area contributed by atoms with Crippen LogP contribution in [-0.4, -0.2) is 28.9 Å². The molecule has 1 aliphatic carbocycles. The van der Waals surface area contributed by atoms with Gasteiger partial charge in [0, 0.05) is 24.7 Å². The molecule has 1 amide bonds. The third kappa shape index (κ3) is 2.15. The lowest BCUT2D eigenvalue weighted by molar-refractivity contribution is -0.134. The van der Waals surface area contributed by atoms with Crippen LogP contribution in [-0.2, 0) is 27.2 Å². The van der Waals surface area contributed by atoms with Gasteiger partial charge in [-0.15, -0.1) is 0 Å². The molecule has 2 aromatic rings. The Labute approximate surface area is 145 Å². The van der Waals surface area contributed by atoms with Gasteiger partial charge in [-0.25, -0.2) is 4.39 Å². The number of aromatic nitrogens is 1. The van der Waals surface area contributed by atoms with Gasteiger partial charge in [-0.05, 0) is 36.6 Å². The molecule has 0 N–H and O–H groups in total. The van der Waals surface area contributed by atoms with E-state index in [1.807, 2.05) is 11.0 Å². The molecular weight excluding hydrogens is 319 g/mol. The zero-order valence-electron chi connectivity index (χ0n) is 13.9. The standard InChI is InChI=1S/C20H19FN2O2/c21-15-5-3-14(4-6-15)19(7-8-19)18(24)23-11-9-20(13-23)16-2-1-10-22-17(16)12-25-20/h1-6,10H,7-9,11-13H2. The van der Waals surface area contributed by atoms with E-state index in [1.54, 1.807) is 18.3 Å². The Morgan fingerprint density at radius 2 is 1.96 bits per heavy atom. The Hall–Kier alpha value is -2.27. The first kappa shape index (κ1) is 15.0. The molecule has 128 valence electrons. The van der Waals surface area contributed by atoms with Crippen LogP contribution in [0.5, 0.6) is 0 Å². The topological polar surface area (TPSA) is 42.4 Å². The molecule has 1 saturated heterocycles. The number of carbonyl (C=O) groups is 1. The van der Waals surface area contributed by atoms with E-state index in [9.17, 15) is 9.18 Å². The fourth-order valence-electron chi connectivity index (χ4n) is 4.37. The maximum atomic E-state index is 13.2. The molecule has 5 heteroatoms. The number of nitrogens with zero attached hydrogens (tertiary/aromatic N) is 2. The zero-order valence-corrected chi connectivity index (χ0v) is 13.9. The van der Waals surface area contributed by atoms with Crippen molar-refractivity contribution in [3.05, 3.63) is 65.2 Å². The van der Waals surface area contributed by atoms with E-state index in [1.165, 1.54) is 12.1 Å². The van der Waals surface area contributed by atoms with Gasteiger partial charge in [0.15, 0.2) is 0 Å². The van der Waals surface area contributed by atoms with Crippen LogP contribution < -0.4 is 0 Å². The molecular formula is C20H19FN2O2. The lowest BCUT2D eigenvalue weighted by Gasteiger charge is -2.27. The Morgan fingerprint density at radius 3 is 2.72 bits per heavy atom. The first-order chi connectivity index (χ1) is 12.1. The number of hydrogen-bond acceptors (Lipinski definition) is 3. The largest absolute Gasteiger partial charge is 0.362 e. The van der Waals surface area contributed by atoms with Gasteiger partial charge in [-0.1, -0.05) is 18.2 Å². The van der Waals surface area contributed by atoms with Gasteiger partial charge in [0.1, 0.15) is 11.4 Å². The second kappa shape index (κ2) is 5.11. The molecule has 1 aromatic carbocycles. The Morgan fingerprint density at radius 1 is 1.16 bits per heavy atom.